The van der Waals surface area contributed by atoms with E-state index in [4.69, 9.17) is 9.97 Å². The highest BCUT2D eigenvalue weighted by atomic mass is 16.4. The first kappa shape index (κ1) is 28.6. The number of aromatic nitrogens is 3. The molecule has 1 aliphatic carbocycles. The molecule has 0 aliphatic heterocycles. The van der Waals surface area contributed by atoms with Crippen LogP contribution in [0.5, 0.6) is 0 Å². The van der Waals surface area contributed by atoms with Crippen molar-refractivity contribution in [2.24, 2.45) is 0 Å². The van der Waals surface area contributed by atoms with Gasteiger partial charge in [-0.3, -0.25) is 4.79 Å². The number of fused-ring (bicyclic) bond motifs is 3. The lowest BCUT2D eigenvalue weighted by Crippen LogP contribution is -2.14. The summed E-state index contributed by atoms with van der Waals surface area (Å²) in [6.45, 7) is 0. The Balaban J connectivity index is 1.14. The van der Waals surface area contributed by atoms with Crippen molar-refractivity contribution < 1.29 is 14.7 Å². The van der Waals surface area contributed by atoms with E-state index in [2.05, 4.69) is 52.3 Å². The quantitative estimate of drug-likeness (QED) is 0.194. The van der Waals surface area contributed by atoms with E-state index in [1.165, 1.54) is 19.3 Å². The van der Waals surface area contributed by atoms with Crippen molar-refractivity contribution in [3.05, 3.63) is 126 Å². The third-order valence-electron chi connectivity index (χ3n) is 9.25. The number of carboxylic acid groups (broad SMARTS) is 1. The van der Waals surface area contributed by atoms with Crippen molar-refractivity contribution >= 4 is 50.3 Å². The number of nitrogens with one attached hydrogen (secondary N) is 1. The number of nitrogens with zero attached hydrogens (tertiary/aromatic N) is 3. The summed E-state index contributed by atoms with van der Waals surface area (Å²) in [6, 6.07) is 37.3. The van der Waals surface area contributed by atoms with Crippen LogP contribution >= 0.6 is 0 Å². The van der Waals surface area contributed by atoms with Crippen molar-refractivity contribution in [2.45, 2.75) is 38.1 Å². The van der Waals surface area contributed by atoms with Gasteiger partial charge in [-0.2, -0.15) is 0 Å². The molecule has 8 rings (SSSR count). The summed E-state index contributed by atoms with van der Waals surface area (Å²) in [5.41, 5.74) is 7.21. The monoisotopic (exact) mass is 616 g/mol. The Morgan fingerprint density at radius 1 is 0.660 bits per heavy atom. The van der Waals surface area contributed by atoms with Crippen molar-refractivity contribution in [2.75, 3.05) is 5.32 Å². The van der Waals surface area contributed by atoms with Gasteiger partial charge in [0.1, 0.15) is 5.82 Å². The van der Waals surface area contributed by atoms with Gasteiger partial charge in [-0.25, -0.2) is 14.8 Å². The van der Waals surface area contributed by atoms with E-state index in [1.54, 1.807) is 24.3 Å². The van der Waals surface area contributed by atoms with E-state index >= 15 is 0 Å². The number of carbonyl (C=O) groups excluding carboxylic acids is 1. The predicted molar refractivity (Wildman–Crippen MR) is 187 cm³/mol. The molecule has 0 unspecified atom stereocenters. The summed E-state index contributed by atoms with van der Waals surface area (Å²) < 4.78 is 2.39. The Bertz CT molecular complexity index is 2320. The topological polar surface area (TPSA) is 97.1 Å². The van der Waals surface area contributed by atoms with E-state index in [9.17, 15) is 14.7 Å². The third-order valence-corrected chi connectivity index (χ3v) is 9.25. The summed E-state index contributed by atoms with van der Waals surface area (Å²) in [5.74, 6) is -0.286. The Labute approximate surface area is 271 Å². The van der Waals surface area contributed by atoms with Crippen molar-refractivity contribution in [3.63, 3.8) is 0 Å². The second-order valence-corrected chi connectivity index (χ2v) is 12.3. The van der Waals surface area contributed by atoms with E-state index in [0.29, 0.717) is 17.3 Å². The minimum absolute atomic E-state index is 0.229. The lowest BCUT2D eigenvalue weighted by Gasteiger charge is -2.25. The Kier molecular flexibility index (Phi) is 7.21. The van der Waals surface area contributed by atoms with Gasteiger partial charge in [0.05, 0.1) is 27.8 Å². The first-order valence-corrected chi connectivity index (χ1v) is 16.1. The largest absolute Gasteiger partial charge is 0.478 e. The number of imidazole rings is 1. The number of hydrogen-bond acceptors (Lipinski definition) is 4. The summed E-state index contributed by atoms with van der Waals surface area (Å²) in [6.07, 6.45) is 5.84. The van der Waals surface area contributed by atoms with Gasteiger partial charge < -0.3 is 15.0 Å². The van der Waals surface area contributed by atoms with Crippen LogP contribution in [0.3, 0.4) is 0 Å². The van der Waals surface area contributed by atoms with Gasteiger partial charge in [0.15, 0.2) is 0 Å². The number of anilines is 1. The molecule has 1 aliphatic rings. The van der Waals surface area contributed by atoms with Gasteiger partial charge in [0, 0.05) is 33.8 Å². The van der Waals surface area contributed by atoms with Crippen LogP contribution in [0.4, 0.5) is 5.69 Å². The normalized spacial score (nSPS) is 13.7. The first-order chi connectivity index (χ1) is 23.0. The van der Waals surface area contributed by atoms with E-state index < -0.39 is 5.97 Å². The van der Waals surface area contributed by atoms with Crippen LogP contribution in [0.15, 0.2) is 115 Å². The van der Waals surface area contributed by atoms with Gasteiger partial charge in [0.2, 0.25) is 0 Å². The van der Waals surface area contributed by atoms with Gasteiger partial charge >= 0.3 is 5.97 Å². The molecule has 0 saturated heterocycles. The smallest absolute Gasteiger partial charge is 0.335 e. The molecule has 7 aromatic rings. The van der Waals surface area contributed by atoms with Gasteiger partial charge in [-0.05, 0) is 90.3 Å². The Morgan fingerprint density at radius 3 is 2.26 bits per heavy atom. The number of pyridine rings is 1. The molecule has 5 aromatic carbocycles. The number of hydrogen-bond donors (Lipinski definition) is 2. The number of benzene rings is 5. The number of carbonyl (C=O) groups is 2. The highest BCUT2D eigenvalue weighted by molar-refractivity contribution is 6.07. The summed E-state index contributed by atoms with van der Waals surface area (Å²) >= 11 is 0. The van der Waals surface area contributed by atoms with Crippen LogP contribution < -0.4 is 5.32 Å². The number of aromatic carboxylic acids is 1. The molecule has 0 spiro atoms. The van der Waals surface area contributed by atoms with Crippen LogP contribution in [0.25, 0.3) is 55.4 Å². The Hall–Kier alpha value is -5.82. The molecule has 1 saturated carbocycles. The third kappa shape index (κ3) is 5.50. The second-order valence-electron chi connectivity index (χ2n) is 12.3. The second kappa shape index (κ2) is 11.8. The molecule has 0 radical (unpaired) electrons. The summed E-state index contributed by atoms with van der Waals surface area (Å²) in [4.78, 5) is 34.9. The van der Waals surface area contributed by atoms with Gasteiger partial charge in [-0.1, -0.05) is 67.8 Å². The molecule has 7 nitrogen and oxygen atoms in total. The minimum atomic E-state index is -0.969. The van der Waals surface area contributed by atoms with Gasteiger partial charge in [0.25, 0.3) is 5.91 Å². The molecule has 2 aromatic heterocycles. The molecule has 2 N–H and O–H groups in total. The van der Waals surface area contributed by atoms with E-state index in [-0.39, 0.29) is 11.5 Å². The zero-order valence-corrected chi connectivity index (χ0v) is 25.7. The minimum Gasteiger partial charge on any atom is -0.478 e. The maximum atomic E-state index is 13.4. The van der Waals surface area contributed by atoms with Crippen LogP contribution in [0, 0.1) is 0 Å². The van der Waals surface area contributed by atoms with Crippen LogP contribution in [-0.2, 0) is 0 Å². The maximum Gasteiger partial charge on any atom is 0.335 e. The highest BCUT2D eigenvalue weighted by Gasteiger charge is 2.23. The SMILES string of the molecule is O=C(O)c1ccc2cc(NC(=O)c3ccc4c(c3)nc(-c3ccc5nc(-c6ccccc6)ccc5c3)n4C3CCCCC3)ccc2c1. The maximum absolute atomic E-state index is 13.4. The fraction of sp³-hybridized carbons (Fsp3) is 0.150. The molecule has 1 amide bonds. The molecule has 47 heavy (non-hydrogen) atoms. The van der Waals surface area contributed by atoms with Crippen LogP contribution in [0.2, 0.25) is 0 Å². The predicted octanol–water partition coefficient (Wildman–Crippen LogP) is 9.53. The standard InChI is InChI=1S/C40H32N4O3/c45-39(41-32-17-13-26-21-31(40(46)47)12-11-27(26)23-32)30-16-20-37-36(24-30)43-38(44(37)33-9-5-2-6-10-33)29-15-19-35-28(22-29)14-18-34(42-35)25-7-3-1-4-8-25/h1,3-4,7-8,11-24,33H,2,5-6,9-10H2,(H,41,45)(H,46,47). The zero-order chi connectivity index (χ0) is 31.9. The van der Waals surface area contributed by atoms with Gasteiger partial charge in [-0.15, -0.1) is 0 Å². The van der Waals surface area contributed by atoms with E-state index in [1.807, 2.05) is 48.5 Å². The van der Waals surface area contributed by atoms with Crippen molar-refractivity contribution in [3.8, 4) is 22.6 Å². The van der Waals surface area contributed by atoms with Crippen molar-refractivity contribution in [1.29, 1.82) is 0 Å². The number of carboxylic acids is 1. The number of rotatable bonds is 6. The van der Waals surface area contributed by atoms with Crippen molar-refractivity contribution in [1.82, 2.24) is 14.5 Å². The Morgan fingerprint density at radius 2 is 1.43 bits per heavy atom. The summed E-state index contributed by atoms with van der Waals surface area (Å²) in [5, 5.41) is 15.0. The highest BCUT2D eigenvalue weighted by Crippen LogP contribution is 2.37. The first-order valence-electron chi connectivity index (χ1n) is 16.1. The average Bonchev–Trinajstić information content (AvgIpc) is 3.50. The molecule has 230 valence electrons. The molecule has 2 heterocycles. The molecule has 7 heteroatoms. The lowest BCUT2D eigenvalue weighted by atomic mass is 9.94. The number of amides is 1. The van der Waals surface area contributed by atoms with Crippen LogP contribution in [-0.4, -0.2) is 31.5 Å². The van der Waals surface area contributed by atoms with E-state index in [0.717, 1.165) is 68.2 Å². The van der Waals surface area contributed by atoms with Crippen LogP contribution in [0.1, 0.15) is 58.9 Å². The molecular weight excluding hydrogens is 584 g/mol. The zero-order valence-electron chi connectivity index (χ0n) is 25.7. The lowest BCUT2D eigenvalue weighted by molar-refractivity contribution is 0.0697. The summed E-state index contributed by atoms with van der Waals surface area (Å²) in [7, 11) is 0. The fourth-order valence-electron chi connectivity index (χ4n) is 6.85. The fourth-order valence-corrected chi connectivity index (χ4v) is 6.85. The molecule has 1 fully saturated rings. The molecule has 0 bridgehead atoms. The average molecular weight is 617 g/mol. The molecule has 0 atom stereocenters. The molecular formula is C40H32N4O3.